The summed E-state index contributed by atoms with van der Waals surface area (Å²) in [5, 5.41) is 46.4. The van der Waals surface area contributed by atoms with Crippen molar-refractivity contribution in [1.29, 1.82) is 0 Å². The largest absolute Gasteiger partial charge is 0.462 e. The van der Waals surface area contributed by atoms with Crippen molar-refractivity contribution in [3.63, 3.8) is 0 Å². The van der Waals surface area contributed by atoms with Gasteiger partial charge >= 0.3 is 5.97 Å². The SMILES string of the molecule is CC[C@H]1OC(=O)[C@H](C)[C@@H](O[C@H]2C[C@](C)(OC)[C@@H](O)C(C)O2)[C@H](C)[C@@H](O[C@@H]2OC(C)C[C@@H](N(C)C)C2O)[C@](C)(O)C[C@@H](C)CN(C)[C@H](C)[C@@H](O)[C@H]1C. The van der Waals surface area contributed by atoms with Crippen LogP contribution in [0, 0.1) is 23.7 Å². The summed E-state index contributed by atoms with van der Waals surface area (Å²) >= 11 is 0. The molecule has 3 heterocycles. The Kier molecular flexibility index (Phi) is 15.8. The first-order valence-corrected chi connectivity index (χ1v) is 19.1. The van der Waals surface area contributed by atoms with Gasteiger partial charge in [-0.05, 0) is 87.9 Å². The number of nitrogens with zero attached hydrogens (tertiary/aromatic N) is 2. The van der Waals surface area contributed by atoms with Gasteiger partial charge in [-0.2, -0.15) is 0 Å². The third-order valence-electron chi connectivity index (χ3n) is 12.2. The van der Waals surface area contributed by atoms with Gasteiger partial charge in [-0.3, -0.25) is 4.79 Å². The molecule has 0 bridgehead atoms. The number of aliphatic hydroxyl groups is 4. The normalized spacial score (nSPS) is 48.9. The Morgan fingerprint density at radius 3 is 2.14 bits per heavy atom. The van der Waals surface area contributed by atoms with E-state index in [4.69, 9.17) is 28.4 Å². The van der Waals surface area contributed by atoms with Crippen LogP contribution in [0.5, 0.6) is 0 Å². The van der Waals surface area contributed by atoms with E-state index in [2.05, 4.69) is 11.8 Å². The number of methoxy groups -OCH3 is 1. The van der Waals surface area contributed by atoms with Gasteiger partial charge in [0.05, 0.1) is 47.6 Å². The number of rotatable bonds is 7. The lowest BCUT2D eigenvalue weighted by atomic mass is 9.77. The van der Waals surface area contributed by atoms with Crippen LogP contribution in [-0.2, 0) is 33.2 Å². The van der Waals surface area contributed by atoms with Crippen molar-refractivity contribution >= 4 is 5.97 Å². The minimum absolute atomic E-state index is 0.0490. The summed E-state index contributed by atoms with van der Waals surface area (Å²) in [5.74, 6) is -2.48. The lowest BCUT2D eigenvalue weighted by Crippen LogP contribution is -2.60. The second-order valence-electron chi connectivity index (χ2n) is 16.9. The zero-order chi connectivity index (χ0) is 38.7. The Morgan fingerprint density at radius 2 is 1.57 bits per heavy atom. The summed E-state index contributed by atoms with van der Waals surface area (Å²) < 4.78 is 37.8. The zero-order valence-corrected chi connectivity index (χ0v) is 33.8. The van der Waals surface area contributed by atoms with Crippen LogP contribution < -0.4 is 0 Å². The quantitative estimate of drug-likeness (QED) is 0.284. The van der Waals surface area contributed by atoms with E-state index in [0.29, 0.717) is 25.8 Å². The van der Waals surface area contributed by atoms with E-state index >= 15 is 0 Å². The molecule has 13 nitrogen and oxygen atoms in total. The van der Waals surface area contributed by atoms with Crippen molar-refractivity contribution < 1.29 is 53.6 Å². The number of carbonyl (C=O) groups is 1. The molecular formula is C38H72N2O11. The first kappa shape index (κ1) is 44.4. The Balaban J connectivity index is 2.15. The molecule has 3 aliphatic heterocycles. The molecular weight excluding hydrogens is 660 g/mol. The van der Waals surface area contributed by atoms with E-state index in [-0.39, 0.29) is 36.4 Å². The van der Waals surface area contributed by atoms with E-state index in [1.54, 1.807) is 27.7 Å². The highest BCUT2D eigenvalue weighted by Crippen LogP contribution is 2.40. The van der Waals surface area contributed by atoms with Crippen LogP contribution in [-0.4, -0.2) is 156 Å². The number of aliphatic hydroxyl groups excluding tert-OH is 3. The molecule has 4 N–H and O–H groups in total. The molecule has 3 saturated heterocycles. The fourth-order valence-electron chi connectivity index (χ4n) is 8.69. The molecule has 3 unspecified atom stereocenters. The summed E-state index contributed by atoms with van der Waals surface area (Å²) in [6.07, 6.45) is -6.42. The number of likely N-dealkylation sites (N-methyl/N-ethyl adjacent to an activating group) is 2. The summed E-state index contributed by atoms with van der Waals surface area (Å²) in [6, 6.07) is -0.498. The van der Waals surface area contributed by atoms with Gasteiger partial charge in [-0.15, -0.1) is 0 Å². The summed E-state index contributed by atoms with van der Waals surface area (Å²) in [6.45, 7) is 19.2. The smallest absolute Gasteiger partial charge is 0.311 e. The van der Waals surface area contributed by atoms with Gasteiger partial charge in [0.1, 0.15) is 18.3 Å². The van der Waals surface area contributed by atoms with Gasteiger partial charge in [0.15, 0.2) is 12.6 Å². The van der Waals surface area contributed by atoms with Crippen LogP contribution in [0.25, 0.3) is 0 Å². The van der Waals surface area contributed by atoms with Crippen molar-refractivity contribution in [3.05, 3.63) is 0 Å². The summed E-state index contributed by atoms with van der Waals surface area (Å²) in [5.41, 5.74) is -2.48. The van der Waals surface area contributed by atoms with Gasteiger partial charge in [0, 0.05) is 44.0 Å². The summed E-state index contributed by atoms with van der Waals surface area (Å²) in [4.78, 5) is 18.2. The minimum Gasteiger partial charge on any atom is -0.462 e. The van der Waals surface area contributed by atoms with Crippen LogP contribution in [0.1, 0.15) is 94.9 Å². The number of hydrogen-bond acceptors (Lipinski definition) is 13. The lowest BCUT2D eigenvalue weighted by molar-refractivity contribution is -0.317. The molecule has 51 heavy (non-hydrogen) atoms. The Bertz CT molecular complexity index is 1100. The second-order valence-corrected chi connectivity index (χ2v) is 16.9. The number of ether oxygens (including phenoxy) is 6. The van der Waals surface area contributed by atoms with Crippen LogP contribution in [0.15, 0.2) is 0 Å². The van der Waals surface area contributed by atoms with Gasteiger partial charge in [0.25, 0.3) is 0 Å². The molecule has 300 valence electrons. The predicted octanol–water partition coefficient (Wildman–Crippen LogP) is 2.79. The van der Waals surface area contributed by atoms with Crippen molar-refractivity contribution in [3.8, 4) is 0 Å². The maximum atomic E-state index is 14.2. The zero-order valence-electron chi connectivity index (χ0n) is 33.8. The third-order valence-corrected chi connectivity index (χ3v) is 12.2. The predicted molar refractivity (Wildman–Crippen MR) is 193 cm³/mol. The maximum Gasteiger partial charge on any atom is 0.311 e. The number of hydrogen-bond donors (Lipinski definition) is 4. The maximum absolute atomic E-state index is 14.2. The van der Waals surface area contributed by atoms with E-state index in [9.17, 15) is 25.2 Å². The minimum atomic E-state index is -1.50. The molecule has 0 aromatic heterocycles. The first-order chi connectivity index (χ1) is 23.6. The van der Waals surface area contributed by atoms with Gasteiger partial charge in [-0.25, -0.2) is 0 Å². The second kappa shape index (κ2) is 18.1. The van der Waals surface area contributed by atoms with Crippen molar-refractivity contribution in [1.82, 2.24) is 9.80 Å². The number of cyclic esters (lactones) is 1. The topological polar surface area (TPSA) is 160 Å². The molecule has 0 aromatic carbocycles. The van der Waals surface area contributed by atoms with Crippen LogP contribution in [0.3, 0.4) is 0 Å². The fourth-order valence-corrected chi connectivity index (χ4v) is 8.69. The number of esters is 1. The van der Waals surface area contributed by atoms with Crippen molar-refractivity contribution in [2.24, 2.45) is 23.7 Å². The Hall–Kier alpha value is -0.970. The highest BCUT2D eigenvalue weighted by Gasteiger charge is 2.51. The lowest BCUT2D eigenvalue weighted by Gasteiger charge is -2.48. The molecule has 0 aliphatic carbocycles. The molecule has 3 rings (SSSR count). The monoisotopic (exact) mass is 733 g/mol. The van der Waals surface area contributed by atoms with E-state index in [1.165, 1.54) is 7.11 Å². The molecule has 3 aliphatic rings. The average Bonchev–Trinajstić information content (AvgIpc) is 3.05. The molecule has 0 spiro atoms. The number of carbonyl (C=O) groups excluding carboxylic acids is 1. The molecule has 13 heteroatoms. The van der Waals surface area contributed by atoms with E-state index < -0.39 is 84.3 Å². The van der Waals surface area contributed by atoms with Crippen molar-refractivity contribution in [2.75, 3.05) is 34.8 Å². The molecule has 3 fully saturated rings. The average molecular weight is 733 g/mol. The highest BCUT2D eigenvalue weighted by atomic mass is 16.7. The standard InChI is InChI=1S/C38H72N2O11/c1-15-28-22(4)30(41)25(7)40(13)19-20(2)17-37(9,45)34(51-36-31(42)27(39(11)12)16-21(3)47-36)23(5)32(24(6)35(44)49-28)50-29-18-38(10,46-14)33(43)26(8)48-29/h20-34,36,41-43,45H,15-19H2,1-14H3/t20-,21?,22+,23+,24-,25-,26?,27-,28-,29+,30+,31?,32+,33+,34-,36+,37-,38+/m1/s1. The van der Waals surface area contributed by atoms with E-state index in [0.717, 1.165) is 0 Å². The molecule has 0 saturated carbocycles. The van der Waals surface area contributed by atoms with Crippen molar-refractivity contribution in [2.45, 2.75) is 180 Å². The van der Waals surface area contributed by atoms with Crippen LogP contribution in [0.4, 0.5) is 0 Å². The molecule has 0 amide bonds. The third kappa shape index (κ3) is 10.4. The first-order valence-electron chi connectivity index (χ1n) is 19.1. The Morgan fingerprint density at radius 1 is 0.941 bits per heavy atom. The van der Waals surface area contributed by atoms with Crippen LogP contribution >= 0.6 is 0 Å². The van der Waals surface area contributed by atoms with Gasteiger partial charge < -0.3 is 58.6 Å². The fraction of sp³-hybridized carbons (Fsp3) is 0.974. The van der Waals surface area contributed by atoms with Gasteiger partial charge in [-0.1, -0.05) is 27.7 Å². The van der Waals surface area contributed by atoms with Crippen LogP contribution in [0.2, 0.25) is 0 Å². The Labute approximate surface area is 307 Å². The molecule has 0 radical (unpaired) electrons. The molecule has 18 atom stereocenters. The van der Waals surface area contributed by atoms with Gasteiger partial charge in [0.2, 0.25) is 0 Å². The summed E-state index contributed by atoms with van der Waals surface area (Å²) in [7, 11) is 7.28. The van der Waals surface area contributed by atoms with E-state index in [1.807, 2.05) is 60.7 Å². The highest BCUT2D eigenvalue weighted by molar-refractivity contribution is 5.73. The molecule has 0 aromatic rings.